The second kappa shape index (κ2) is 4.53. The van der Waals surface area contributed by atoms with E-state index in [9.17, 15) is 0 Å². The third kappa shape index (κ3) is 3.03. The highest BCUT2D eigenvalue weighted by Crippen LogP contribution is 2.12. The number of imidazole rings is 1. The molecule has 0 radical (unpaired) electrons. The molecule has 0 saturated heterocycles. The molecule has 3 heteroatoms. The molecule has 3 nitrogen and oxygen atoms in total. The highest BCUT2D eigenvalue weighted by Gasteiger charge is 2.12. The van der Waals surface area contributed by atoms with E-state index in [2.05, 4.69) is 37.9 Å². The minimum absolute atomic E-state index is 0.116. The lowest BCUT2D eigenvalue weighted by molar-refractivity contribution is 0.581. The fourth-order valence-electron chi connectivity index (χ4n) is 1.56. The average Bonchev–Trinajstić information content (AvgIpc) is 2.79. The van der Waals surface area contributed by atoms with Gasteiger partial charge in [0.05, 0.1) is 5.54 Å². The zero-order valence-electron chi connectivity index (χ0n) is 10.5. The van der Waals surface area contributed by atoms with Gasteiger partial charge in [0.1, 0.15) is 12.2 Å². The molecule has 1 heterocycles. The Balaban J connectivity index is 2.50. The zero-order valence-corrected chi connectivity index (χ0v) is 10.5. The molecule has 0 bridgehead atoms. The Morgan fingerprint density at radius 2 is 1.88 bits per heavy atom. The van der Waals surface area contributed by atoms with Crippen molar-refractivity contribution >= 4 is 5.84 Å². The van der Waals surface area contributed by atoms with E-state index in [1.807, 2.05) is 29.0 Å². The lowest BCUT2D eigenvalue weighted by atomic mass is 10.1. The van der Waals surface area contributed by atoms with Crippen LogP contribution in [-0.4, -0.2) is 20.9 Å². The summed E-state index contributed by atoms with van der Waals surface area (Å²) in [6.07, 6.45) is 5.45. The summed E-state index contributed by atoms with van der Waals surface area (Å²) in [4.78, 5) is 8.84. The van der Waals surface area contributed by atoms with Crippen molar-refractivity contribution in [1.82, 2.24) is 9.55 Å². The van der Waals surface area contributed by atoms with E-state index < -0.39 is 0 Å². The van der Waals surface area contributed by atoms with Crippen molar-refractivity contribution in [2.24, 2.45) is 4.99 Å². The minimum Gasteiger partial charge on any atom is -0.290 e. The van der Waals surface area contributed by atoms with Crippen LogP contribution in [0.2, 0.25) is 0 Å². The topological polar surface area (TPSA) is 30.2 Å². The Bertz CT molecular complexity index is 490. The maximum absolute atomic E-state index is 4.76. The van der Waals surface area contributed by atoms with E-state index in [0.717, 1.165) is 11.4 Å². The van der Waals surface area contributed by atoms with Crippen molar-refractivity contribution in [3.63, 3.8) is 0 Å². The summed E-state index contributed by atoms with van der Waals surface area (Å²) in [6.45, 7) is 6.27. The lowest BCUT2D eigenvalue weighted by Gasteiger charge is -2.16. The molecule has 1 aromatic heterocycles. The number of benzene rings is 1. The Labute approximate surface area is 102 Å². The summed E-state index contributed by atoms with van der Waals surface area (Å²) >= 11 is 0. The van der Waals surface area contributed by atoms with Crippen LogP contribution in [0.15, 0.2) is 54.0 Å². The Kier molecular flexibility index (Phi) is 3.09. The monoisotopic (exact) mass is 227 g/mol. The van der Waals surface area contributed by atoms with E-state index in [-0.39, 0.29) is 5.54 Å². The Hall–Kier alpha value is -1.90. The van der Waals surface area contributed by atoms with Crippen molar-refractivity contribution in [3.05, 3.63) is 54.6 Å². The predicted octanol–water partition coefficient (Wildman–Crippen LogP) is 2.98. The smallest absolute Gasteiger partial charge is 0.140 e. The molecule has 0 aliphatic rings. The standard InChI is InChI=1S/C14H17N3/c1-14(2,3)16-13(17-10-9-15-11-17)12-7-5-4-6-8-12/h4-11H,1-3H3. The summed E-state index contributed by atoms with van der Waals surface area (Å²) in [5.74, 6) is 0.926. The summed E-state index contributed by atoms with van der Waals surface area (Å²) < 4.78 is 1.95. The van der Waals surface area contributed by atoms with Crippen molar-refractivity contribution in [1.29, 1.82) is 0 Å². The first kappa shape index (κ1) is 11.6. The molecule has 0 aliphatic carbocycles. The lowest BCUT2D eigenvalue weighted by Crippen LogP contribution is -2.20. The highest BCUT2D eigenvalue weighted by atomic mass is 15.1. The molecule has 0 unspecified atom stereocenters. The van der Waals surface area contributed by atoms with Crippen molar-refractivity contribution in [3.8, 4) is 0 Å². The van der Waals surface area contributed by atoms with Gasteiger partial charge in [-0.3, -0.25) is 9.56 Å². The molecule has 17 heavy (non-hydrogen) atoms. The molecule has 2 aromatic rings. The van der Waals surface area contributed by atoms with Crippen LogP contribution < -0.4 is 0 Å². The third-order valence-corrected chi connectivity index (χ3v) is 2.22. The van der Waals surface area contributed by atoms with Gasteiger partial charge in [0, 0.05) is 18.0 Å². The number of nitrogens with zero attached hydrogens (tertiary/aromatic N) is 3. The first-order chi connectivity index (χ1) is 8.06. The average molecular weight is 227 g/mol. The van der Waals surface area contributed by atoms with Crippen LogP contribution in [0.1, 0.15) is 26.3 Å². The molecule has 0 N–H and O–H groups in total. The molecular weight excluding hydrogens is 210 g/mol. The van der Waals surface area contributed by atoms with Gasteiger partial charge in [0.15, 0.2) is 0 Å². The fraction of sp³-hybridized carbons (Fsp3) is 0.286. The quantitative estimate of drug-likeness (QED) is 0.544. The summed E-state index contributed by atoms with van der Waals surface area (Å²) in [7, 11) is 0. The molecule has 0 amide bonds. The number of hydrogen-bond donors (Lipinski definition) is 0. The zero-order chi connectivity index (χ0) is 12.3. The second-order valence-electron chi connectivity index (χ2n) is 4.94. The predicted molar refractivity (Wildman–Crippen MR) is 70.4 cm³/mol. The molecule has 2 rings (SSSR count). The van der Waals surface area contributed by atoms with Crippen LogP contribution in [-0.2, 0) is 0 Å². The van der Waals surface area contributed by atoms with E-state index in [0.29, 0.717) is 0 Å². The van der Waals surface area contributed by atoms with E-state index >= 15 is 0 Å². The first-order valence-corrected chi connectivity index (χ1v) is 5.70. The van der Waals surface area contributed by atoms with Crippen molar-refractivity contribution < 1.29 is 0 Å². The van der Waals surface area contributed by atoms with Crippen LogP contribution in [0.25, 0.3) is 0 Å². The maximum Gasteiger partial charge on any atom is 0.140 e. The van der Waals surface area contributed by atoms with Gasteiger partial charge in [-0.25, -0.2) is 4.98 Å². The van der Waals surface area contributed by atoms with Crippen molar-refractivity contribution in [2.45, 2.75) is 26.3 Å². The Morgan fingerprint density at radius 3 is 2.41 bits per heavy atom. The van der Waals surface area contributed by atoms with Gasteiger partial charge in [-0.15, -0.1) is 0 Å². The van der Waals surface area contributed by atoms with Gasteiger partial charge < -0.3 is 0 Å². The Morgan fingerprint density at radius 1 is 1.18 bits per heavy atom. The second-order valence-corrected chi connectivity index (χ2v) is 4.94. The maximum atomic E-state index is 4.76. The molecule has 1 aromatic carbocycles. The van der Waals surface area contributed by atoms with Gasteiger partial charge in [0.2, 0.25) is 0 Å². The van der Waals surface area contributed by atoms with Gasteiger partial charge in [-0.2, -0.15) is 0 Å². The van der Waals surface area contributed by atoms with Crippen LogP contribution in [0.3, 0.4) is 0 Å². The van der Waals surface area contributed by atoms with E-state index in [1.54, 1.807) is 12.5 Å². The highest BCUT2D eigenvalue weighted by molar-refractivity contribution is 6.00. The van der Waals surface area contributed by atoms with Crippen LogP contribution in [0.4, 0.5) is 0 Å². The molecular formula is C14H17N3. The first-order valence-electron chi connectivity index (χ1n) is 5.70. The van der Waals surface area contributed by atoms with Gasteiger partial charge >= 0.3 is 0 Å². The van der Waals surface area contributed by atoms with Crippen LogP contribution >= 0.6 is 0 Å². The third-order valence-electron chi connectivity index (χ3n) is 2.22. The number of hydrogen-bond acceptors (Lipinski definition) is 2. The van der Waals surface area contributed by atoms with Gasteiger partial charge in [-0.05, 0) is 20.8 Å². The van der Waals surface area contributed by atoms with Crippen LogP contribution in [0, 0.1) is 0 Å². The van der Waals surface area contributed by atoms with Gasteiger partial charge in [0.25, 0.3) is 0 Å². The SMILES string of the molecule is CC(C)(C)N=C(c1ccccc1)n1ccnc1. The molecule has 0 aliphatic heterocycles. The summed E-state index contributed by atoms with van der Waals surface area (Å²) in [5.41, 5.74) is 0.982. The fourth-order valence-corrected chi connectivity index (χ4v) is 1.56. The molecule has 0 saturated carbocycles. The van der Waals surface area contributed by atoms with Crippen LogP contribution in [0.5, 0.6) is 0 Å². The molecule has 0 fully saturated rings. The van der Waals surface area contributed by atoms with Gasteiger partial charge in [-0.1, -0.05) is 30.3 Å². The number of aliphatic imine (C=N–C) groups is 1. The summed E-state index contributed by atoms with van der Waals surface area (Å²) in [5, 5.41) is 0. The number of aromatic nitrogens is 2. The summed E-state index contributed by atoms with van der Waals surface area (Å²) in [6, 6.07) is 10.2. The van der Waals surface area contributed by atoms with Crippen molar-refractivity contribution in [2.75, 3.05) is 0 Å². The normalized spacial score (nSPS) is 12.8. The molecule has 88 valence electrons. The molecule has 0 spiro atoms. The largest absolute Gasteiger partial charge is 0.290 e. The van der Waals surface area contributed by atoms with E-state index in [4.69, 9.17) is 4.99 Å². The minimum atomic E-state index is -0.116. The molecule has 0 atom stereocenters. The number of rotatable bonds is 1. The van der Waals surface area contributed by atoms with E-state index in [1.165, 1.54) is 0 Å².